The molecule has 1 aromatic heterocycles. The molecule has 0 amide bonds. The van der Waals surface area contributed by atoms with Crippen molar-refractivity contribution in [1.29, 1.82) is 5.26 Å². The maximum atomic E-state index is 14.0. The molecule has 2 heterocycles. The predicted octanol–water partition coefficient (Wildman–Crippen LogP) is 4.48. The van der Waals surface area contributed by atoms with Crippen molar-refractivity contribution < 1.29 is 46.5 Å². The van der Waals surface area contributed by atoms with Gasteiger partial charge in [-0.05, 0) is 46.3 Å². The summed E-state index contributed by atoms with van der Waals surface area (Å²) in [6.45, 7) is 3.08. The highest BCUT2D eigenvalue weighted by atomic mass is 79.9. The summed E-state index contributed by atoms with van der Waals surface area (Å²) in [5.74, 6) is -6.68. The van der Waals surface area contributed by atoms with Gasteiger partial charge in [-0.15, -0.1) is 5.10 Å². The standard InChI is InChI=1S/C27H22BrF3N4O7S/c1-12(36)39-11-22-25(40-13(2)37)24(35-10-21(33-34-35)16-6-19(29)23(31)20(30)7-16)26(41-14(3)38)27(42-22)43-17-5-4-15(9-32)18(28)8-17/h4-8,10,22,24-27H,11H2,1-3H3/t22?,24?,25-,26?,27+/m0/s1. The number of esters is 3. The lowest BCUT2D eigenvalue weighted by Crippen LogP contribution is -2.57. The van der Waals surface area contributed by atoms with Crippen LogP contribution in [0.15, 0.2) is 45.9 Å². The number of halogens is 4. The number of nitriles is 1. The third kappa shape index (κ3) is 7.53. The fourth-order valence-corrected chi connectivity index (χ4v) is 6.10. The van der Waals surface area contributed by atoms with Crippen LogP contribution in [-0.2, 0) is 33.3 Å². The molecule has 5 atom stereocenters. The number of hydrogen-bond donors (Lipinski definition) is 0. The molecule has 1 aliphatic heterocycles. The van der Waals surface area contributed by atoms with Gasteiger partial charge >= 0.3 is 17.9 Å². The Morgan fingerprint density at radius 1 is 1.05 bits per heavy atom. The fraction of sp³-hybridized carbons (Fsp3) is 0.333. The molecule has 1 fully saturated rings. The van der Waals surface area contributed by atoms with Crippen molar-refractivity contribution in [2.24, 2.45) is 0 Å². The summed E-state index contributed by atoms with van der Waals surface area (Å²) in [5, 5.41) is 17.3. The molecule has 16 heteroatoms. The first-order chi connectivity index (χ1) is 20.4. The number of aromatic nitrogens is 3. The number of ether oxygens (including phenoxy) is 4. The zero-order valence-electron chi connectivity index (χ0n) is 22.6. The third-order valence-corrected chi connectivity index (χ3v) is 7.87. The maximum Gasteiger partial charge on any atom is 0.303 e. The summed E-state index contributed by atoms with van der Waals surface area (Å²) in [6.07, 6.45) is -2.37. The van der Waals surface area contributed by atoms with E-state index in [2.05, 4.69) is 26.2 Å². The van der Waals surface area contributed by atoms with E-state index in [0.29, 0.717) is 14.9 Å². The smallest absolute Gasteiger partial charge is 0.303 e. The van der Waals surface area contributed by atoms with Crippen LogP contribution in [0.5, 0.6) is 0 Å². The first kappa shape index (κ1) is 32.0. The molecule has 0 spiro atoms. The van der Waals surface area contributed by atoms with E-state index in [-0.39, 0.29) is 17.9 Å². The Balaban J connectivity index is 1.82. The lowest BCUT2D eigenvalue weighted by Gasteiger charge is -2.44. The van der Waals surface area contributed by atoms with Crippen molar-refractivity contribution in [1.82, 2.24) is 15.0 Å². The Morgan fingerprint density at radius 3 is 2.28 bits per heavy atom. The largest absolute Gasteiger partial charge is 0.463 e. The van der Waals surface area contributed by atoms with Gasteiger partial charge in [0.05, 0.1) is 11.8 Å². The average molecular weight is 683 g/mol. The minimum Gasteiger partial charge on any atom is -0.463 e. The minimum absolute atomic E-state index is 0.0794. The minimum atomic E-state index is -1.66. The molecule has 2 aromatic carbocycles. The van der Waals surface area contributed by atoms with Crippen LogP contribution in [0.2, 0.25) is 0 Å². The van der Waals surface area contributed by atoms with E-state index in [0.717, 1.165) is 37.7 Å². The highest BCUT2D eigenvalue weighted by Gasteiger charge is 2.52. The fourth-order valence-electron chi connectivity index (χ4n) is 4.33. The summed E-state index contributed by atoms with van der Waals surface area (Å²) >= 11 is 4.42. The second-order valence-electron chi connectivity index (χ2n) is 9.19. The van der Waals surface area contributed by atoms with Crippen molar-refractivity contribution in [2.75, 3.05) is 6.61 Å². The van der Waals surface area contributed by atoms with E-state index in [9.17, 15) is 32.8 Å². The van der Waals surface area contributed by atoms with Gasteiger partial charge in [-0.3, -0.25) is 14.4 Å². The molecule has 0 radical (unpaired) electrons. The zero-order valence-corrected chi connectivity index (χ0v) is 25.0. The molecule has 3 unspecified atom stereocenters. The van der Waals surface area contributed by atoms with E-state index < -0.39 is 65.1 Å². The topological polar surface area (TPSA) is 143 Å². The van der Waals surface area contributed by atoms with Crippen LogP contribution < -0.4 is 0 Å². The highest BCUT2D eigenvalue weighted by Crippen LogP contribution is 2.42. The number of hydrogen-bond acceptors (Lipinski definition) is 11. The number of benzene rings is 2. The van der Waals surface area contributed by atoms with Crippen LogP contribution in [-0.4, -0.2) is 63.3 Å². The van der Waals surface area contributed by atoms with Crippen molar-refractivity contribution >= 4 is 45.6 Å². The second-order valence-corrected chi connectivity index (χ2v) is 11.2. The predicted molar refractivity (Wildman–Crippen MR) is 145 cm³/mol. The number of carbonyl (C=O) groups excluding carboxylic acids is 3. The molecule has 0 aliphatic carbocycles. The van der Waals surface area contributed by atoms with Crippen LogP contribution in [0, 0.1) is 28.8 Å². The molecule has 0 saturated carbocycles. The van der Waals surface area contributed by atoms with Crippen molar-refractivity contribution in [2.45, 2.75) is 55.5 Å². The molecule has 4 rings (SSSR count). The van der Waals surface area contributed by atoms with Gasteiger partial charge in [-0.1, -0.05) is 17.0 Å². The molecule has 0 bridgehead atoms. The Bertz CT molecular complexity index is 1580. The number of thioether (sulfide) groups is 1. The SMILES string of the molecule is CC(=O)OCC1O[C@H](Sc2ccc(C#N)c(Br)c2)C(OC(C)=O)C(n2cc(-c3cc(F)c(F)c(F)c3)nn2)[C@H]1OC(C)=O. The average Bonchev–Trinajstić information content (AvgIpc) is 3.41. The van der Waals surface area contributed by atoms with Crippen LogP contribution >= 0.6 is 27.7 Å². The van der Waals surface area contributed by atoms with Gasteiger partial charge in [0, 0.05) is 35.7 Å². The molecule has 0 N–H and O–H groups in total. The van der Waals surface area contributed by atoms with Gasteiger partial charge in [0.2, 0.25) is 0 Å². The monoisotopic (exact) mass is 682 g/mol. The lowest BCUT2D eigenvalue weighted by atomic mass is 9.96. The molecule has 1 saturated heterocycles. The highest BCUT2D eigenvalue weighted by molar-refractivity contribution is 9.10. The van der Waals surface area contributed by atoms with Crippen molar-refractivity contribution in [3.63, 3.8) is 0 Å². The van der Waals surface area contributed by atoms with E-state index in [1.54, 1.807) is 18.2 Å². The van der Waals surface area contributed by atoms with Crippen molar-refractivity contribution in [3.05, 3.63) is 64.0 Å². The molecule has 43 heavy (non-hydrogen) atoms. The Hall–Kier alpha value is -3.94. The molecule has 11 nitrogen and oxygen atoms in total. The maximum absolute atomic E-state index is 14.0. The summed E-state index contributed by atoms with van der Waals surface area (Å²) in [4.78, 5) is 36.8. The summed E-state index contributed by atoms with van der Waals surface area (Å²) in [7, 11) is 0. The summed E-state index contributed by atoms with van der Waals surface area (Å²) < 4.78 is 65.8. The van der Waals surface area contributed by atoms with Gasteiger partial charge < -0.3 is 18.9 Å². The second kappa shape index (κ2) is 13.6. The van der Waals surface area contributed by atoms with Crippen LogP contribution in [0.3, 0.4) is 0 Å². The normalized spacial score (nSPS) is 21.5. The van der Waals surface area contributed by atoms with Crippen LogP contribution in [0.1, 0.15) is 32.4 Å². The summed E-state index contributed by atoms with van der Waals surface area (Å²) in [6, 6.07) is 7.18. The van der Waals surface area contributed by atoms with Gasteiger partial charge in [-0.2, -0.15) is 5.26 Å². The molecule has 226 valence electrons. The van der Waals surface area contributed by atoms with Crippen LogP contribution in [0.25, 0.3) is 11.3 Å². The van der Waals surface area contributed by atoms with Gasteiger partial charge in [-0.25, -0.2) is 17.9 Å². The first-order valence-corrected chi connectivity index (χ1v) is 14.1. The van der Waals surface area contributed by atoms with E-state index >= 15 is 0 Å². The van der Waals surface area contributed by atoms with E-state index in [1.165, 1.54) is 17.8 Å². The molecular weight excluding hydrogens is 661 g/mol. The third-order valence-electron chi connectivity index (χ3n) is 6.08. The van der Waals surface area contributed by atoms with Crippen LogP contribution in [0.4, 0.5) is 13.2 Å². The first-order valence-electron chi connectivity index (χ1n) is 12.4. The Labute approximate surface area is 255 Å². The quantitative estimate of drug-likeness (QED) is 0.188. The lowest BCUT2D eigenvalue weighted by molar-refractivity contribution is -0.212. The number of carbonyl (C=O) groups is 3. The Kier molecular flexibility index (Phi) is 10.1. The van der Waals surface area contributed by atoms with E-state index in [1.807, 2.05) is 6.07 Å². The molecule has 3 aromatic rings. The molecular formula is C27H22BrF3N4O7S. The molecule has 1 aliphatic rings. The Morgan fingerprint density at radius 2 is 1.70 bits per heavy atom. The van der Waals surface area contributed by atoms with E-state index in [4.69, 9.17) is 18.9 Å². The number of nitrogens with zero attached hydrogens (tertiary/aromatic N) is 4. The van der Waals surface area contributed by atoms with Gasteiger partial charge in [0.15, 0.2) is 29.7 Å². The van der Waals surface area contributed by atoms with Gasteiger partial charge in [0.25, 0.3) is 0 Å². The zero-order chi connectivity index (χ0) is 31.4. The van der Waals surface area contributed by atoms with Gasteiger partial charge in [0.1, 0.15) is 36.0 Å². The number of rotatable bonds is 8. The summed E-state index contributed by atoms with van der Waals surface area (Å²) in [5.41, 5.74) is -0.888. The van der Waals surface area contributed by atoms with Crippen molar-refractivity contribution in [3.8, 4) is 17.3 Å².